The molecule has 116 valence electrons. The maximum Gasteiger partial charge on any atom is 0.122 e. The number of hydrogen-bond donors (Lipinski definition) is 1. The van der Waals surface area contributed by atoms with Crippen LogP contribution in [0, 0.1) is 19.8 Å². The van der Waals surface area contributed by atoms with Crippen molar-refractivity contribution in [3.05, 3.63) is 35.4 Å². The second-order valence-corrected chi connectivity index (χ2v) is 6.91. The van der Waals surface area contributed by atoms with Gasteiger partial charge in [0.1, 0.15) is 17.1 Å². The fraction of sp³-hybridized carbons (Fsp3) is 0.556. The van der Waals surface area contributed by atoms with Gasteiger partial charge in [0.2, 0.25) is 0 Å². The Kier molecular flexibility index (Phi) is 4.62. The average molecular weight is 289 g/mol. The number of ether oxygens (including phenoxy) is 2. The van der Waals surface area contributed by atoms with E-state index < -0.39 is 0 Å². The molecule has 0 aromatic heterocycles. The first-order valence-corrected chi connectivity index (χ1v) is 7.59. The lowest BCUT2D eigenvalue weighted by atomic mass is 10.0. The van der Waals surface area contributed by atoms with Gasteiger partial charge in [-0.2, -0.15) is 0 Å². The molecule has 0 atom stereocenters. The molecule has 1 saturated heterocycles. The van der Waals surface area contributed by atoms with E-state index in [0.29, 0.717) is 5.92 Å². The van der Waals surface area contributed by atoms with Gasteiger partial charge in [0.25, 0.3) is 0 Å². The lowest BCUT2D eigenvalue weighted by molar-refractivity contribution is 0.0975. The zero-order valence-electron chi connectivity index (χ0n) is 13.9. The van der Waals surface area contributed by atoms with Crippen LogP contribution in [0.5, 0.6) is 5.75 Å². The smallest absolute Gasteiger partial charge is 0.122 e. The van der Waals surface area contributed by atoms with Crippen LogP contribution in [0.2, 0.25) is 0 Å². The van der Waals surface area contributed by atoms with Crippen molar-refractivity contribution in [3.8, 4) is 5.75 Å². The molecule has 0 bridgehead atoms. The second-order valence-electron chi connectivity index (χ2n) is 6.91. The summed E-state index contributed by atoms with van der Waals surface area (Å²) >= 11 is 0. The number of aryl methyl sites for hydroxylation is 2. The predicted molar refractivity (Wildman–Crippen MR) is 87.6 cm³/mol. The van der Waals surface area contributed by atoms with E-state index in [1.54, 1.807) is 0 Å². The Hall–Kier alpha value is -1.48. The van der Waals surface area contributed by atoms with Gasteiger partial charge in [0.05, 0.1) is 6.61 Å². The molecule has 1 aliphatic heterocycles. The molecule has 3 heteroatoms. The van der Waals surface area contributed by atoms with Gasteiger partial charge in [-0.15, -0.1) is 0 Å². The third kappa shape index (κ3) is 4.24. The maximum atomic E-state index is 5.95. The van der Waals surface area contributed by atoms with E-state index in [-0.39, 0.29) is 5.60 Å². The Morgan fingerprint density at radius 1 is 1.24 bits per heavy atom. The van der Waals surface area contributed by atoms with Gasteiger partial charge in [0.15, 0.2) is 0 Å². The van der Waals surface area contributed by atoms with Gasteiger partial charge in [-0.25, -0.2) is 0 Å². The molecular formula is C18H27NO2. The van der Waals surface area contributed by atoms with Crippen LogP contribution < -0.4 is 10.1 Å². The first kappa shape index (κ1) is 15.9. The minimum Gasteiger partial charge on any atom is -0.493 e. The molecule has 0 unspecified atom stereocenters. The van der Waals surface area contributed by atoms with Gasteiger partial charge in [-0.05, 0) is 57.9 Å². The van der Waals surface area contributed by atoms with Crippen molar-refractivity contribution in [2.75, 3.05) is 19.7 Å². The van der Waals surface area contributed by atoms with E-state index in [2.05, 4.69) is 37.9 Å². The first-order chi connectivity index (χ1) is 9.76. The molecule has 0 amide bonds. The van der Waals surface area contributed by atoms with Gasteiger partial charge >= 0.3 is 0 Å². The summed E-state index contributed by atoms with van der Waals surface area (Å²) in [5, 5.41) is 3.26. The monoisotopic (exact) mass is 289 g/mol. The molecule has 1 aromatic rings. The largest absolute Gasteiger partial charge is 0.493 e. The Labute approximate surface area is 128 Å². The molecule has 1 heterocycles. The van der Waals surface area contributed by atoms with Gasteiger partial charge in [0, 0.05) is 24.6 Å². The molecule has 2 rings (SSSR count). The van der Waals surface area contributed by atoms with Crippen LogP contribution in [0.25, 0.3) is 5.76 Å². The third-order valence-corrected chi connectivity index (χ3v) is 3.59. The predicted octanol–water partition coefficient (Wildman–Crippen LogP) is 3.69. The number of nitrogens with one attached hydrogen (secondary N) is 1. The molecule has 1 fully saturated rings. The molecule has 1 aromatic carbocycles. The van der Waals surface area contributed by atoms with Crippen LogP contribution in [-0.4, -0.2) is 25.3 Å². The van der Waals surface area contributed by atoms with E-state index >= 15 is 0 Å². The number of hydrogen-bond acceptors (Lipinski definition) is 3. The van der Waals surface area contributed by atoms with Gasteiger partial charge in [-0.1, -0.05) is 6.58 Å². The Morgan fingerprint density at radius 3 is 2.43 bits per heavy atom. The third-order valence-electron chi connectivity index (χ3n) is 3.59. The molecule has 21 heavy (non-hydrogen) atoms. The standard InChI is InChI=1S/C18H27NO2/c1-12-8-17(20-11-15-9-19-10-15)13(2)7-16(12)14(3)21-18(4,5)6/h7-8,15,19H,3,9-11H2,1-2,4-6H3. The zero-order chi connectivity index (χ0) is 15.6. The molecule has 0 saturated carbocycles. The van der Waals surface area contributed by atoms with Crippen molar-refractivity contribution in [1.29, 1.82) is 0 Å². The van der Waals surface area contributed by atoms with Crippen molar-refractivity contribution in [2.45, 2.75) is 40.2 Å². The summed E-state index contributed by atoms with van der Waals surface area (Å²) in [6.07, 6.45) is 0. The van der Waals surface area contributed by atoms with Crippen LogP contribution >= 0.6 is 0 Å². The van der Waals surface area contributed by atoms with Crippen molar-refractivity contribution >= 4 is 5.76 Å². The molecule has 0 aliphatic carbocycles. The number of benzene rings is 1. The van der Waals surface area contributed by atoms with Gasteiger partial charge < -0.3 is 14.8 Å². The van der Waals surface area contributed by atoms with Crippen molar-refractivity contribution in [1.82, 2.24) is 5.32 Å². The lowest BCUT2D eigenvalue weighted by Crippen LogP contribution is -2.45. The topological polar surface area (TPSA) is 30.5 Å². The van der Waals surface area contributed by atoms with Crippen molar-refractivity contribution < 1.29 is 9.47 Å². The Bertz CT molecular complexity index is 525. The molecule has 1 aliphatic rings. The second kappa shape index (κ2) is 6.10. The van der Waals surface area contributed by atoms with E-state index in [0.717, 1.165) is 47.9 Å². The Morgan fingerprint density at radius 2 is 1.90 bits per heavy atom. The zero-order valence-corrected chi connectivity index (χ0v) is 13.9. The summed E-state index contributed by atoms with van der Waals surface area (Å²) < 4.78 is 11.8. The van der Waals surface area contributed by atoms with Crippen LogP contribution in [0.4, 0.5) is 0 Å². The highest BCUT2D eigenvalue weighted by Crippen LogP contribution is 2.29. The number of rotatable bonds is 5. The highest BCUT2D eigenvalue weighted by molar-refractivity contribution is 5.63. The average Bonchev–Trinajstić information content (AvgIpc) is 2.28. The molecule has 0 spiro atoms. The highest BCUT2D eigenvalue weighted by atomic mass is 16.5. The molecule has 3 nitrogen and oxygen atoms in total. The summed E-state index contributed by atoms with van der Waals surface area (Å²) in [6, 6.07) is 4.20. The van der Waals surface area contributed by atoms with Crippen LogP contribution in [0.1, 0.15) is 37.5 Å². The maximum absolute atomic E-state index is 5.95. The molecule has 1 N–H and O–H groups in total. The minimum absolute atomic E-state index is 0.232. The quantitative estimate of drug-likeness (QED) is 0.839. The summed E-state index contributed by atoms with van der Waals surface area (Å²) in [5.74, 6) is 2.33. The van der Waals surface area contributed by atoms with E-state index in [1.165, 1.54) is 0 Å². The van der Waals surface area contributed by atoms with Crippen LogP contribution in [0.3, 0.4) is 0 Å². The summed E-state index contributed by atoms with van der Waals surface area (Å²) in [4.78, 5) is 0. The van der Waals surface area contributed by atoms with Crippen LogP contribution in [0.15, 0.2) is 18.7 Å². The van der Waals surface area contributed by atoms with E-state index in [1.807, 2.05) is 20.8 Å². The molecular weight excluding hydrogens is 262 g/mol. The Balaban J connectivity index is 2.10. The fourth-order valence-electron chi connectivity index (χ4n) is 2.34. The highest BCUT2D eigenvalue weighted by Gasteiger charge is 2.19. The van der Waals surface area contributed by atoms with Crippen molar-refractivity contribution in [3.63, 3.8) is 0 Å². The van der Waals surface area contributed by atoms with E-state index in [4.69, 9.17) is 9.47 Å². The minimum atomic E-state index is -0.232. The van der Waals surface area contributed by atoms with Gasteiger partial charge in [-0.3, -0.25) is 0 Å². The van der Waals surface area contributed by atoms with Crippen molar-refractivity contribution in [2.24, 2.45) is 5.92 Å². The summed E-state index contributed by atoms with van der Waals surface area (Å²) in [5.41, 5.74) is 3.09. The molecule has 0 radical (unpaired) electrons. The SMILES string of the molecule is C=C(OC(C)(C)C)c1cc(C)c(OCC2CNC2)cc1C. The summed E-state index contributed by atoms with van der Waals surface area (Å²) in [6.45, 7) is 17.2. The lowest BCUT2D eigenvalue weighted by Gasteiger charge is -2.27. The summed E-state index contributed by atoms with van der Waals surface area (Å²) in [7, 11) is 0. The normalized spacial score (nSPS) is 15.5. The van der Waals surface area contributed by atoms with E-state index in [9.17, 15) is 0 Å². The van der Waals surface area contributed by atoms with Crippen LogP contribution in [-0.2, 0) is 4.74 Å². The fourth-order valence-corrected chi connectivity index (χ4v) is 2.34. The first-order valence-electron chi connectivity index (χ1n) is 7.59.